The van der Waals surface area contributed by atoms with Crippen LogP contribution >= 0.6 is 0 Å². The highest BCUT2D eigenvalue weighted by molar-refractivity contribution is 7.89. The Bertz CT molecular complexity index is 1610. The van der Waals surface area contributed by atoms with Crippen molar-refractivity contribution < 1.29 is 36.5 Å². The van der Waals surface area contributed by atoms with Gasteiger partial charge in [-0.25, -0.2) is 21.6 Å². The van der Waals surface area contributed by atoms with Gasteiger partial charge in [-0.3, -0.25) is 10.3 Å². The van der Waals surface area contributed by atoms with Crippen molar-refractivity contribution >= 4 is 30.9 Å². The van der Waals surface area contributed by atoms with Gasteiger partial charge in [0.15, 0.2) is 0 Å². The summed E-state index contributed by atoms with van der Waals surface area (Å²) in [5.41, 5.74) is 0.00377. The van der Waals surface area contributed by atoms with Crippen LogP contribution in [0.25, 0.3) is 10.9 Å². The molecule has 12 nitrogen and oxygen atoms in total. The average Bonchev–Trinajstić information content (AvgIpc) is 3.34. The number of nitrogens with one attached hydrogen (secondary N) is 2. The summed E-state index contributed by atoms with van der Waals surface area (Å²) < 4.78 is 66.5. The molecule has 3 heterocycles. The monoisotopic (exact) mass is 606 g/mol. The van der Waals surface area contributed by atoms with Crippen LogP contribution in [0.2, 0.25) is 0 Å². The fraction of sp³-hybridized carbons (Fsp3) is 0.444. The molecule has 5 rings (SSSR count). The molecule has 2 aliphatic heterocycles. The number of aliphatic hydroxyl groups excluding tert-OH is 1. The molecule has 0 amide bonds. The van der Waals surface area contributed by atoms with Crippen LogP contribution in [0.3, 0.4) is 0 Å². The fourth-order valence-electron chi connectivity index (χ4n) is 5.41. The molecule has 2 atom stereocenters. The topological polar surface area (TPSA) is 167 Å². The van der Waals surface area contributed by atoms with E-state index in [4.69, 9.17) is 9.47 Å². The van der Waals surface area contributed by atoms with Crippen LogP contribution in [-0.2, 0) is 24.8 Å². The van der Waals surface area contributed by atoms with E-state index in [0.717, 1.165) is 0 Å². The first-order valence-corrected chi connectivity index (χ1v) is 16.3. The summed E-state index contributed by atoms with van der Waals surface area (Å²) in [7, 11) is -6.31. The van der Waals surface area contributed by atoms with E-state index in [1.807, 2.05) is 0 Å². The zero-order valence-electron chi connectivity index (χ0n) is 22.6. The highest BCUT2D eigenvalue weighted by atomic mass is 32.2. The summed E-state index contributed by atoms with van der Waals surface area (Å²) in [4.78, 5) is 4.02. The Morgan fingerprint density at radius 1 is 1.10 bits per heavy atom. The number of sulfonamides is 2. The molecule has 2 saturated heterocycles. The second-order valence-electron chi connectivity index (χ2n) is 10.3. The molecule has 2 aromatic carbocycles. The minimum Gasteiger partial charge on any atom is -0.506 e. The molecule has 14 heteroatoms. The fourth-order valence-corrected chi connectivity index (χ4v) is 7.76. The second-order valence-corrected chi connectivity index (χ2v) is 14.0. The minimum absolute atomic E-state index is 0.0246. The number of benzene rings is 2. The third-order valence-corrected chi connectivity index (χ3v) is 11.0. The predicted molar refractivity (Wildman–Crippen MR) is 150 cm³/mol. The van der Waals surface area contributed by atoms with E-state index in [1.54, 1.807) is 42.5 Å². The van der Waals surface area contributed by atoms with Gasteiger partial charge in [-0.1, -0.05) is 24.3 Å². The van der Waals surface area contributed by atoms with Gasteiger partial charge in [0.05, 0.1) is 30.5 Å². The molecular formula is C27H34N4O8S2. The Morgan fingerprint density at radius 3 is 2.56 bits per heavy atom. The number of nitrogens with zero attached hydrogens (tertiary/aromatic N) is 2. The van der Waals surface area contributed by atoms with Crippen molar-refractivity contribution in [2.75, 3.05) is 33.4 Å². The van der Waals surface area contributed by atoms with Crippen LogP contribution in [0.4, 0.5) is 0 Å². The average molecular weight is 607 g/mol. The summed E-state index contributed by atoms with van der Waals surface area (Å²) in [5, 5.41) is 24.7. The molecule has 2 aliphatic rings. The van der Waals surface area contributed by atoms with E-state index < -0.39 is 31.9 Å². The lowest BCUT2D eigenvalue weighted by Crippen LogP contribution is -2.47. The third kappa shape index (κ3) is 6.18. The number of hydrogen-bond acceptors (Lipinski definition) is 10. The standard InChI is InChI=1S/C27H34N4O8S2/c1-28-40(34,35)23-9-5-4-8-22(23)38-15-10-25(32)30-19-16-27(39-18-19)11-13-31(14-12-27)41(36,37)24-17-29-21-7-3-2-6-20(21)26(24)33/h2-9,17,19,25,28,30,32H,10-16,18H2,1H3,(H,29,33)/t19-,25?/m1/s1. The zero-order valence-corrected chi connectivity index (χ0v) is 24.2. The van der Waals surface area contributed by atoms with Crippen molar-refractivity contribution in [3.8, 4) is 11.5 Å². The molecule has 3 aromatic rings. The molecule has 41 heavy (non-hydrogen) atoms. The lowest BCUT2D eigenvalue weighted by atomic mass is 9.88. The Labute approximate surface area is 239 Å². The largest absolute Gasteiger partial charge is 0.506 e. The van der Waals surface area contributed by atoms with E-state index in [-0.39, 0.29) is 53.4 Å². The van der Waals surface area contributed by atoms with Gasteiger partial charge in [0, 0.05) is 30.9 Å². The molecule has 0 saturated carbocycles. The maximum Gasteiger partial charge on any atom is 0.248 e. The number of para-hydroxylation sites is 2. The van der Waals surface area contributed by atoms with Crippen LogP contribution < -0.4 is 14.8 Å². The molecule has 1 spiro atoms. The van der Waals surface area contributed by atoms with E-state index in [2.05, 4.69) is 15.0 Å². The van der Waals surface area contributed by atoms with Gasteiger partial charge in [0.1, 0.15) is 27.5 Å². The highest BCUT2D eigenvalue weighted by Crippen LogP contribution is 2.39. The Morgan fingerprint density at radius 2 is 1.80 bits per heavy atom. The van der Waals surface area contributed by atoms with Gasteiger partial charge >= 0.3 is 0 Å². The van der Waals surface area contributed by atoms with E-state index in [9.17, 15) is 27.0 Å². The predicted octanol–water partition coefficient (Wildman–Crippen LogP) is 1.54. The van der Waals surface area contributed by atoms with Gasteiger partial charge in [0.25, 0.3) is 0 Å². The SMILES string of the molecule is CNS(=O)(=O)c1ccccc1OCCC(O)N[C@H]1COC2(CCN(S(=O)(=O)c3cnc4ccccc4c3O)CC2)C1. The van der Waals surface area contributed by atoms with E-state index >= 15 is 0 Å². The Hall–Kier alpha value is -2.85. The van der Waals surface area contributed by atoms with Gasteiger partial charge in [-0.15, -0.1) is 0 Å². The first-order valence-electron chi connectivity index (χ1n) is 13.3. The van der Waals surface area contributed by atoms with Crippen molar-refractivity contribution in [3.05, 3.63) is 54.7 Å². The van der Waals surface area contributed by atoms with E-state index in [0.29, 0.717) is 36.8 Å². The summed E-state index contributed by atoms with van der Waals surface area (Å²) in [6.45, 7) is 0.912. The lowest BCUT2D eigenvalue weighted by Gasteiger charge is -2.38. The van der Waals surface area contributed by atoms with Crippen molar-refractivity contribution in [2.24, 2.45) is 0 Å². The van der Waals surface area contributed by atoms with Crippen LogP contribution in [0.15, 0.2) is 64.5 Å². The molecule has 0 radical (unpaired) electrons. The number of rotatable bonds is 10. The normalized spacial score (nSPS) is 20.4. The molecule has 1 aromatic heterocycles. The molecule has 1 unspecified atom stereocenters. The Kier molecular flexibility index (Phi) is 8.53. The van der Waals surface area contributed by atoms with Crippen molar-refractivity contribution in [1.82, 2.24) is 19.3 Å². The van der Waals surface area contributed by atoms with Gasteiger partial charge in [0.2, 0.25) is 20.0 Å². The van der Waals surface area contributed by atoms with Crippen molar-refractivity contribution in [3.63, 3.8) is 0 Å². The number of fused-ring (bicyclic) bond motifs is 1. The molecule has 0 aliphatic carbocycles. The summed E-state index contributed by atoms with van der Waals surface area (Å²) in [6, 6.07) is 13.0. The lowest BCUT2D eigenvalue weighted by molar-refractivity contribution is -0.0314. The number of aromatic hydroxyl groups is 1. The minimum atomic E-state index is -3.96. The van der Waals surface area contributed by atoms with Gasteiger partial charge < -0.3 is 19.7 Å². The second kappa shape index (κ2) is 11.8. The highest BCUT2D eigenvalue weighted by Gasteiger charge is 2.45. The molecule has 2 fully saturated rings. The third-order valence-electron chi connectivity index (χ3n) is 7.66. The summed E-state index contributed by atoms with van der Waals surface area (Å²) in [6.07, 6.45) is 2.06. The quantitative estimate of drug-likeness (QED) is 0.249. The van der Waals surface area contributed by atoms with Crippen molar-refractivity contribution in [2.45, 2.75) is 53.3 Å². The number of aliphatic hydroxyl groups is 1. The van der Waals surface area contributed by atoms with Crippen LogP contribution in [0.1, 0.15) is 25.7 Å². The molecular weight excluding hydrogens is 572 g/mol. The molecule has 0 bridgehead atoms. The first kappa shape index (κ1) is 29.6. The number of aromatic nitrogens is 1. The molecule has 4 N–H and O–H groups in total. The van der Waals surface area contributed by atoms with Crippen LogP contribution in [0.5, 0.6) is 11.5 Å². The summed E-state index contributed by atoms with van der Waals surface area (Å²) >= 11 is 0. The van der Waals surface area contributed by atoms with E-state index in [1.165, 1.54) is 23.6 Å². The zero-order chi connectivity index (χ0) is 29.3. The van der Waals surface area contributed by atoms with Crippen LogP contribution in [0, 0.1) is 0 Å². The van der Waals surface area contributed by atoms with Crippen molar-refractivity contribution in [1.29, 1.82) is 0 Å². The number of ether oxygens (including phenoxy) is 2. The maximum atomic E-state index is 13.4. The Balaban J connectivity index is 1.13. The van der Waals surface area contributed by atoms with Gasteiger partial charge in [-0.05, 0) is 50.6 Å². The number of piperidine rings is 1. The number of hydrogen-bond donors (Lipinski definition) is 4. The first-order chi connectivity index (χ1) is 19.5. The molecule has 222 valence electrons. The smallest absolute Gasteiger partial charge is 0.248 e. The van der Waals surface area contributed by atoms with Gasteiger partial charge in [-0.2, -0.15) is 4.31 Å². The number of pyridine rings is 1. The van der Waals surface area contributed by atoms with Crippen LogP contribution in [-0.4, -0.2) is 87.6 Å². The maximum absolute atomic E-state index is 13.4. The summed E-state index contributed by atoms with van der Waals surface area (Å²) in [5.74, 6) is -0.103.